The molecule has 6 heteroatoms. The largest absolute Gasteiger partial charge is 0.467 e. The van der Waals surface area contributed by atoms with E-state index in [4.69, 9.17) is 4.74 Å². The van der Waals surface area contributed by atoms with Gasteiger partial charge in [-0.25, -0.2) is 9.59 Å². The van der Waals surface area contributed by atoms with Gasteiger partial charge in [0.2, 0.25) is 0 Å². The highest BCUT2D eigenvalue weighted by Gasteiger charge is 2.38. The Kier molecular flexibility index (Phi) is 4.32. The topological polar surface area (TPSA) is 72.9 Å². The highest BCUT2D eigenvalue weighted by molar-refractivity contribution is 5.90. The van der Waals surface area contributed by atoms with Gasteiger partial charge in [0.05, 0.1) is 13.7 Å². The Morgan fingerprint density at radius 3 is 2.44 bits per heavy atom. The number of likely N-dealkylation sites (tertiary alicyclic amines) is 1. The summed E-state index contributed by atoms with van der Waals surface area (Å²) in [5, 5.41) is 0. The van der Waals surface area contributed by atoms with Gasteiger partial charge in [-0.1, -0.05) is 0 Å². The number of ether oxygens (including phenoxy) is 2. The molecule has 1 rings (SSSR count). The molecule has 1 aliphatic rings. The average Bonchev–Trinajstić information content (AvgIpc) is 2.25. The van der Waals surface area contributed by atoms with Gasteiger partial charge in [0.1, 0.15) is 11.6 Å². The van der Waals surface area contributed by atoms with Crippen LogP contribution >= 0.6 is 0 Å². The number of nitrogens with zero attached hydrogens (tertiary/aromatic N) is 1. The molecule has 0 aromatic carbocycles. The molecular formula is C12H19NO5. The average molecular weight is 257 g/mol. The minimum Gasteiger partial charge on any atom is -0.467 e. The summed E-state index contributed by atoms with van der Waals surface area (Å²) in [5.74, 6) is -0.602. The fraction of sp³-hybridized carbons (Fsp3) is 0.750. The molecule has 0 aliphatic carbocycles. The van der Waals surface area contributed by atoms with Crippen molar-refractivity contribution in [2.24, 2.45) is 0 Å². The molecule has 0 aromatic heterocycles. The smallest absolute Gasteiger partial charge is 0.411 e. The number of carbonyl (C=O) groups excluding carboxylic acids is 3. The van der Waals surface area contributed by atoms with Crippen LogP contribution in [0.5, 0.6) is 0 Å². The third-order valence-corrected chi connectivity index (χ3v) is 2.52. The Morgan fingerprint density at radius 2 is 1.94 bits per heavy atom. The van der Waals surface area contributed by atoms with Crippen LogP contribution in [-0.2, 0) is 19.1 Å². The van der Waals surface area contributed by atoms with Gasteiger partial charge in [-0.2, -0.15) is 0 Å². The minimum atomic E-state index is -0.734. The van der Waals surface area contributed by atoms with Gasteiger partial charge in [-0.05, 0) is 27.2 Å². The molecule has 1 aliphatic heterocycles. The lowest BCUT2D eigenvalue weighted by Crippen LogP contribution is -2.52. The Bertz CT molecular complexity index is 358. The first-order valence-corrected chi connectivity index (χ1v) is 5.84. The van der Waals surface area contributed by atoms with E-state index in [0.717, 1.165) is 4.90 Å². The Morgan fingerprint density at radius 1 is 1.33 bits per heavy atom. The zero-order chi connectivity index (χ0) is 13.9. The van der Waals surface area contributed by atoms with E-state index in [0.29, 0.717) is 0 Å². The number of carbonyl (C=O) groups is 3. The lowest BCUT2D eigenvalue weighted by molar-refractivity contribution is -0.149. The molecule has 1 atom stereocenters. The minimum absolute atomic E-state index is 0.0824. The second kappa shape index (κ2) is 5.37. The Labute approximate surface area is 106 Å². The molecule has 0 aromatic rings. The summed E-state index contributed by atoms with van der Waals surface area (Å²) in [4.78, 5) is 36.0. The standard InChI is InChI=1S/C12H19NO5/c1-12(2,3)18-11(16)13-7-8(14)5-6-9(13)10(15)17-4/h9H,5-7H2,1-4H3/t9-/m1/s1. The second-order valence-corrected chi connectivity index (χ2v) is 5.22. The van der Waals surface area contributed by atoms with Gasteiger partial charge in [-0.3, -0.25) is 9.69 Å². The second-order valence-electron chi connectivity index (χ2n) is 5.22. The first kappa shape index (κ1) is 14.5. The molecule has 1 heterocycles. The van der Waals surface area contributed by atoms with Crippen LogP contribution in [-0.4, -0.2) is 48.0 Å². The maximum Gasteiger partial charge on any atom is 0.411 e. The number of Topliss-reactive ketones (excluding diaryl/α,β-unsaturated/α-hetero) is 1. The van der Waals surface area contributed by atoms with Crippen molar-refractivity contribution >= 4 is 17.8 Å². The number of amides is 1. The van der Waals surface area contributed by atoms with Crippen LogP contribution < -0.4 is 0 Å². The van der Waals surface area contributed by atoms with Crippen LogP contribution in [0, 0.1) is 0 Å². The van der Waals surface area contributed by atoms with Gasteiger partial charge >= 0.3 is 12.1 Å². The van der Waals surface area contributed by atoms with Gasteiger partial charge < -0.3 is 9.47 Å². The zero-order valence-corrected chi connectivity index (χ0v) is 11.2. The van der Waals surface area contributed by atoms with Crippen LogP contribution in [0.15, 0.2) is 0 Å². The summed E-state index contributed by atoms with van der Waals surface area (Å²) in [6, 6.07) is -0.734. The van der Waals surface area contributed by atoms with Gasteiger partial charge in [-0.15, -0.1) is 0 Å². The highest BCUT2D eigenvalue weighted by Crippen LogP contribution is 2.19. The van der Waals surface area contributed by atoms with Crippen molar-refractivity contribution < 1.29 is 23.9 Å². The van der Waals surface area contributed by atoms with E-state index >= 15 is 0 Å². The van der Waals surface area contributed by atoms with Crippen LogP contribution in [0.4, 0.5) is 4.79 Å². The van der Waals surface area contributed by atoms with E-state index in [-0.39, 0.29) is 25.2 Å². The molecule has 102 valence electrons. The summed E-state index contributed by atoms with van der Waals surface area (Å²) in [6.45, 7) is 5.08. The summed E-state index contributed by atoms with van der Waals surface area (Å²) in [7, 11) is 1.26. The number of rotatable bonds is 1. The molecule has 0 saturated carbocycles. The summed E-state index contributed by atoms with van der Waals surface area (Å²) < 4.78 is 9.81. The monoisotopic (exact) mass is 257 g/mol. The maximum absolute atomic E-state index is 11.9. The fourth-order valence-corrected chi connectivity index (χ4v) is 1.73. The van der Waals surface area contributed by atoms with Crippen molar-refractivity contribution in [1.82, 2.24) is 4.90 Å². The normalized spacial score (nSPS) is 20.6. The first-order valence-electron chi connectivity index (χ1n) is 5.84. The summed E-state index contributed by atoms with van der Waals surface area (Å²) in [5.41, 5.74) is -0.668. The van der Waals surface area contributed by atoms with Crippen molar-refractivity contribution in [3.63, 3.8) is 0 Å². The third kappa shape index (κ3) is 3.72. The number of hydrogen-bond donors (Lipinski definition) is 0. The maximum atomic E-state index is 11.9. The number of esters is 1. The van der Waals surface area contributed by atoms with Gasteiger partial charge in [0.25, 0.3) is 0 Å². The predicted molar refractivity (Wildman–Crippen MR) is 63.0 cm³/mol. The van der Waals surface area contributed by atoms with E-state index in [1.165, 1.54) is 7.11 Å². The first-order chi connectivity index (χ1) is 8.24. The molecule has 18 heavy (non-hydrogen) atoms. The Hall–Kier alpha value is -1.59. The molecule has 0 spiro atoms. The summed E-state index contributed by atoms with van der Waals surface area (Å²) in [6.07, 6.45) is -0.102. The van der Waals surface area contributed by atoms with E-state index in [1.54, 1.807) is 20.8 Å². The lowest BCUT2D eigenvalue weighted by atomic mass is 10.0. The van der Waals surface area contributed by atoms with Crippen molar-refractivity contribution in [3.8, 4) is 0 Å². The number of hydrogen-bond acceptors (Lipinski definition) is 5. The van der Waals surface area contributed by atoms with Gasteiger partial charge in [0.15, 0.2) is 5.78 Å². The zero-order valence-electron chi connectivity index (χ0n) is 11.2. The Balaban J connectivity index is 2.82. The van der Waals surface area contributed by atoms with Crippen LogP contribution in [0.2, 0.25) is 0 Å². The third-order valence-electron chi connectivity index (χ3n) is 2.52. The molecular weight excluding hydrogens is 238 g/mol. The van der Waals surface area contributed by atoms with Crippen molar-refractivity contribution in [1.29, 1.82) is 0 Å². The molecule has 0 N–H and O–H groups in total. The predicted octanol–water partition coefficient (Wildman–Crippen LogP) is 1.13. The molecule has 1 saturated heterocycles. The van der Waals surface area contributed by atoms with Crippen LogP contribution in [0.3, 0.4) is 0 Å². The van der Waals surface area contributed by atoms with Crippen molar-refractivity contribution in [2.45, 2.75) is 45.3 Å². The molecule has 6 nitrogen and oxygen atoms in total. The molecule has 0 radical (unpaired) electrons. The molecule has 0 unspecified atom stereocenters. The number of ketones is 1. The van der Waals surface area contributed by atoms with Crippen LogP contribution in [0.25, 0.3) is 0 Å². The number of methoxy groups -OCH3 is 1. The fourth-order valence-electron chi connectivity index (χ4n) is 1.73. The quantitative estimate of drug-likeness (QED) is 0.658. The van der Waals surface area contributed by atoms with Crippen molar-refractivity contribution in [2.75, 3.05) is 13.7 Å². The van der Waals surface area contributed by atoms with Crippen molar-refractivity contribution in [3.05, 3.63) is 0 Å². The summed E-state index contributed by atoms with van der Waals surface area (Å²) >= 11 is 0. The van der Waals surface area contributed by atoms with E-state index in [1.807, 2.05) is 0 Å². The number of piperidine rings is 1. The van der Waals surface area contributed by atoms with E-state index in [9.17, 15) is 14.4 Å². The molecule has 1 fully saturated rings. The lowest BCUT2D eigenvalue weighted by Gasteiger charge is -2.34. The van der Waals surface area contributed by atoms with Gasteiger partial charge in [0, 0.05) is 6.42 Å². The van der Waals surface area contributed by atoms with Crippen LogP contribution in [0.1, 0.15) is 33.6 Å². The highest BCUT2D eigenvalue weighted by atomic mass is 16.6. The SMILES string of the molecule is COC(=O)[C@H]1CCC(=O)CN1C(=O)OC(C)(C)C. The molecule has 1 amide bonds. The van der Waals surface area contributed by atoms with E-state index in [2.05, 4.69) is 4.74 Å². The molecule has 0 bridgehead atoms. The van der Waals surface area contributed by atoms with E-state index < -0.39 is 23.7 Å².